The van der Waals surface area contributed by atoms with Crippen LogP contribution in [0.3, 0.4) is 0 Å². The van der Waals surface area contributed by atoms with Crippen LogP contribution in [0.2, 0.25) is 0 Å². The maximum atomic E-state index is 10.4. The number of nitrogens with zero attached hydrogens (tertiary/aromatic N) is 2. The number of para-hydroxylation sites is 1. The Morgan fingerprint density at radius 1 is 1.35 bits per heavy atom. The molecule has 0 atom stereocenters. The van der Waals surface area contributed by atoms with Crippen molar-refractivity contribution in [3.63, 3.8) is 0 Å². The molecule has 2 N–H and O–H groups in total. The first kappa shape index (κ1) is 13.8. The van der Waals surface area contributed by atoms with Gasteiger partial charge in [-0.25, -0.2) is 4.98 Å². The van der Waals surface area contributed by atoms with Gasteiger partial charge in [-0.3, -0.25) is 4.79 Å². The average Bonchev–Trinajstić information content (AvgIpc) is 2.45. The van der Waals surface area contributed by atoms with Crippen LogP contribution in [0.25, 0.3) is 10.9 Å². The van der Waals surface area contributed by atoms with Gasteiger partial charge in [0.2, 0.25) is 0 Å². The third-order valence-electron chi connectivity index (χ3n) is 2.96. The van der Waals surface area contributed by atoms with Crippen LogP contribution in [0.15, 0.2) is 30.3 Å². The van der Waals surface area contributed by atoms with Gasteiger partial charge in [0, 0.05) is 18.4 Å². The molecule has 0 aliphatic heterocycles. The van der Waals surface area contributed by atoms with E-state index in [0.717, 1.165) is 17.3 Å². The second-order valence-electron chi connectivity index (χ2n) is 4.46. The third-order valence-corrected chi connectivity index (χ3v) is 2.96. The minimum Gasteiger partial charge on any atom is -0.481 e. The molecule has 0 saturated carbocycles. The fourth-order valence-electron chi connectivity index (χ4n) is 1.98. The van der Waals surface area contributed by atoms with E-state index >= 15 is 0 Å². The molecule has 5 heteroatoms. The third kappa shape index (κ3) is 3.45. The number of hydrogen-bond acceptors (Lipinski definition) is 4. The summed E-state index contributed by atoms with van der Waals surface area (Å²) in [5.41, 5.74) is 1.36. The number of hydrogen-bond donors (Lipinski definition) is 2. The van der Waals surface area contributed by atoms with Gasteiger partial charge < -0.3 is 10.4 Å². The van der Waals surface area contributed by atoms with Crippen LogP contribution in [0, 0.1) is 11.3 Å². The van der Waals surface area contributed by atoms with Crippen LogP contribution in [0.1, 0.15) is 24.8 Å². The number of carboxylic acid groups (broad SMARTS) is 1. The first-order valence-electron chi connectivity index (χ1n) is 6.46. The molecule has 0 radical (unpaired) electrons. The molecule has 0 fully saturated rings. The first-order chi connectivity index (χ1) is 9.70. The van der Waals surface area contributed by atoms with Gasteiger partial charge in [0.15, 0.2) is 0 Å². The highest BCUT2D eigenvalue weighted by molar-refractivity contribution is 5.86. The van der Waals surface area contributed by atoms with Crippen molar-refractivity contribution in [3.05, 3.63) is 35.9 Å². The lowest BCUT2D eigenvalue weighted by molar-refractivity contribution is -0.137. The zero-order valence-corrected chi connectivity index (χ0v) is 11.0. The Labute approximate surface area is 116 Å². The lowest BCUT2D eigenvalue weighted by Crippen LogP contribution is -2.05. The second-order valence-corrected chi connectivity index (χ2v) is 4.46. The van der Waals surface area contributed by atoms with Crippen molar-refractivity contribution in [1.29, 1.82) is 5.26 Å². The van der Waals surface area contributed by atoms with Crippen molar-refractivity contribution >= 4 is 22.7 Å². The molecular formula is C15H15N3O2. The van der Waals surface area contributed by atoms with E-state index in [1.165, 1.54) is 0 Å². The van der Waals surface area contributed by atoms with Gasteiger partial charge in [-0.1, -0.05) is 18.2 Å². The van der Waals surface area contributed by atoms with Crippen LogP contribution < -0.4 is 5.32 Å². The largest absolute Gasteiger partial charge is 0.481 e. The van der Waals surface area contributed by atoms with Gasteiger partial charge in [-0.05, 0) is 25.0 Å². The summed E-state index contributed by atoms with van der Waals surface area (Å²) in [6.07, 6.45) is 1.56. The van der Waals surface area contributed by atoms with Crippen molar-refractivity contribution in [2.75, 3.05) is 11.9 Å². The molecule has 0 spiro atoms. The van der Waals surface area contributed by atoms with Crippen LogP contribution >= 0.6 is 0 Å². The highest BCUT2D eigenvalue weighted by atomic mass is 16.4. The van der Waals surface area contributed by atoms with Crippen molar-refractivity contribution < 1.29 is 9.90 Å². The maximum Gasteiger partial charge on any atom is 0.303 e. The molecule has 20 heavy (non-hydrogen) atoms. The Balaban J connectivity index is 2.04. The highest BCUT2D eigenvalue weighted by Crippen LogP contribution is 2.19. The Morgan fingerprint density at radius 2 is 2.15 bits per heavy atom. The minimum atomic E-state index is -0.777. The van der Waals surface area contributed by atoms with Gasteiger partial charge in [0.05, 0.1) is 17.1 Å². The summed E-state index contributed by atoms with van der Waals surface area (Å²) in [6, 6.07) is 11.4. The number of unbranched alkanes of at least 4 members (excludes halogenated alkanes) is 1. The number of nitrogens with one attached hydrogen (secondary N) is 1. The Bertz CT molecular complexity index is 662. The molecule has 1 heterocycles. The number of benzene rings is 1. The molecule has 2 rings (SSSR count). The summed E-state index contributed by atoms with van der Waals surface area (Å²) in [5, 5.41) is 21.7. The van der Waals surface area contributed by atoms with E-state index in [4.69, 9.17) is 10.4 Å². The fraction of sp³-hybridized carbons (Fsp3) is 0.267. The quantitative estimate of drug-likeness (QED) is 0.787. The molecule has 1 aromatic heterocycles. The Hall–Kier alpha value is -2.61. The predicted octanol–water partition coefficient (Wildman–Crippen LogP) is 2.77. The molecule has 0 bridgehead atoms. The fourth-order valence-corrected chi connectivity index (χ4v) is 1.98. The van der Waals surface area contributed by atoms with Gasteiger partial charge in [-0.15, -0.1) is 0 Å². The number of anilines is 1. The molecule has 0 amide bonds. The first-order valence-corrected chi connectivity index (χ1v) is 6.46. The van der Waals surface area contributed by atoms with Crippen LogP contribution in [0.5, 0.6) is 0 Å². The number of carbonyl (C=O) groups is 1. The topological polar surface area (TPSA) is 86.0 Å². The highest BCUT2D eigenvalue weighted by Gasteiger charge is 2.04. The van der Waals surface area contributed by atoms with E-state index < -0.39 is 5.97 Å². The Morgan fingerprint density at radius 3 is 2.90 bits per heavy atom. The zero-order valence-electron chi connectivity index (χ0n) is 11.0. The van der Waals surface area contributed by atoms with Gasteiger partial charge in [-0.2, -0.15) is 5.26 Å². The van der Waals surface area contributed by atoms with Gasteiger partial charge in [0.1, 0.15) is 5.82 Å². The van der Waals surface area contributed by atoms with Crippen molar-refractivity contribution in [2.45, 2.75) is 19.3 Å². The summed E-state index contributed by atoms with van der Waals surface area (Å²) in [7, 11) is 0. The molecule has 0 aliphatic rings. The zero-order chi connectivity index (χ0) is 14.4. The van der Waals surface area contributed by atoms with Crippen molar-refractivity contribution in [1.82, 2.24) is 4.98 Å². The minimum absolute atomic E-state index is 0.177. The van der Waals surface area contributed by atoms with Crippen molar-refractivity contribution in [3.8, 4) is 6.07 Å². The number of aromatic nitrogens is 1. The number of carboxylic acids is 1. The summed E-state index contributed by atoms with van der Waals surface area (Å²) >= 11 is 0. The average molecular weight is 269 g/mol. The molecule has 1 aromatic carbocycles. The number of pyridine rings is 1. The number of aliphatic carboxylic acids is 1. The molecule has 0 aliphatic carbocycles. The Kier molecular flexibility index (Phi) is 4.51. The molecule has 5 nitrogen and oxygen atoms in total. The van der Waals surface area contributed by atoms with E-state index in [1.807, 2.05) is 24.3 Å². The van der Waals surface area contributed by atoms with Crippen LogP contribution in [-0.4, -0.2) is 22.6 Å². The predicted molar refractivity (Wildman–Crippen MR) is 76.4 cm³/mol. The van der Waals surface area contributed by atoms with E-state index in [0.29, 0.717) is 24.3 Å². The monoisotopic (exact) mass is 269 g/mol. The number of rotatable bonds is 6. The van der Waals surface area contributed by atoms with E-state index in [-0.39, 0.29) is 6.42 Å². The normalized spacial score (nSPS) is 10.2. The smallest absolute Gasteiger partial charge is 0.303 e. The van der Waals surface area contributed by atoms with E-state index in [9.17, 15) is 4.79 Å². The molecular weight excluding hydrogens is 254 g/mol. The lowest BCUT2D eigenvalue weighted by Gasteiger charge is -2.07. The second kappa shape index (κ2) is 6.53. The summed E-state index contributed by atoms with van der Waals surface area (Å²) in [5.74, 6) is -0.129. The maximum absolute atomic E-state index is 10.4. The van der Waals surface area contributed by atoms with E-state index in [1.54, 1.807) is 6.07 Å². The molecule has 102 valence electrons. The van der Waals surface area contributed by atoms with Gasteiger partial charge in [0.25, 0.3) is 0 Å². The van der Waals surface area contributed by atoms with Crippen LogP contribution in [-0.2, 0) is 4.79 Å². The SMILES string of the molecule is N#Cc1cc(NCCCCC(=O)O)nc2ccccc12. The standard InChI is InChI=1S/C15H15N3O2/c16-10-11-9-14(17-8-4-3-7-15(19)20)18-13-6-2-1-5-12(11)13/h1-2,5-6,9H,3-4,7-8H2,(H,17,18)(H,19,20). The summed E-state index contributed by atoms with van der Waals surface area (Å²) < 4.78 is 0. The number of fused-ring (bicyclic) bond motifs is 1. The molecule has 0 unspecified atom stereocenters. The summed E-state index contributed by atoms with van der Waals surface area (Å²) in [6.45, 7) is 0.642. The summed E-state index contributed by atoms with van der Waals surface area (Å²) in [4.78, 5) is 14.8. The molecule has 0 saturated heterocycles. The lowest BCUT2D eigenvalue weighted by atomic mass is 10.1. The molecule has 2 aromatic rings. The number of nitriles is 1. The van der Waals surface area contributed by atoms with Crippen LogP contribution in [0.4, 0.5) is 5.82 Å². The van der Waals surface area contributed by atoms with Crippen molar-refractivity contribution in [2.24, 2.45) is 0 Å². The van der Waals surface area contributed by atoms with E-state index in [2.05, 4.69) is 16.4 Å². The van der Waals surface area contributed by atoms with Gasteiger partial charge >= 0.3 is 5.97 Å².